The Hall–Kier alpha value is -1.75. The first-order valence-corrected chi connectivity index (χ1v) is 8.84. The van der Waals surface area contributed by atoms with Crippen molar-refractivity contribution in [2.45, 2.75) is 32.6 Å². The number of nitrogens with zero attached hydrogens (tertiary/aromatic N) is 5. The molecule has 1 aromatic carbocycles. The Labute approximate surface area is 176 Å². The highest BCUT2D eigenvalue weighted by Crippen LogP contribution is 2.25. The Kier molecular flexibility index (Phi) is 7.96. The molecule has 3 rings (SSSR count). The van der Waals surface area contributed by atoms with Crippen LogP contribution in [-0.2, 0) is 18.3 Å². The zero-order valence-corrected chi connectivity index (χ0v) is 18.1. The van der Waals surface area contributed by atoms with Crippen LogP contribution in [0.5, 0.6) is 0 Å². The predicted molar refractivity (Wildman–Crippen MR) is 112 cm³/mol. The molecule has 0 aliphatic carbocycles. The third kappa shape index (κ3) is 5.61. The zero-order valence-electron chi connectivity index (χ0n) is 15.8. The first-order valence-electron chi connectivity index (χ1n) is 8.84. The highest BCUT2D eigenvalue weighted by molar-refractivity contribution is 14.0. The zero-order chi connectivity index (χ0) is 18.5. The number of rotatable bonds is 4. The molecule has 0 amide bonds. The van der Waals surface area contributed by atoms with Gasteiger partial charge in [0.25, 0.3) is 0 Å². The fourth-order valence-corrected chi connectivity index (χ4v) is 3.02. The molecule has 1 fully saturated rings. The van der Waals surface area contributed by atoms with E-state index in [2.05, 4.69) is 20.3 Å². The molecule has 1 aromatic heterocycles. The van der Waals surface area contributed by atoms with Crippen LogP contribution in [0.25, 0.3) is 0 Å². The number of ether oxygens (including phenoxy) is 1. The molecule has 1 N–H and O–H groups in total. The molecule has 148 valence electrons. The van der Waals surface area contributed by atoms with Crippen molar-refractivity contribution in [3.05, 3.63) is 47.8 Å². The van der Waals surface area contributed by atoms with Crippen LogP contribution in [0.3, 0.4) is 0 Å². The van der Waals surface area contributed by atoms with Gasteiger partial charge in [-0.1, -0.05) is 12.1 Å². The molecule has 1 aliphatic heterocycles. The minimum absolute atomic E-state index is 0. The van der Waals surface area contributed by atoms with Crippen molar-refractivity contribution in [1.82, 2.24) is 25.0 Å². The number of aromatic nitrogens is 3. The maximum absolute atomic E-state index is 13.2. The van der Waals surface area contributed by atoms with Crippen LogP contribution in [-0.4, -0.2) is 51.4 Å². The summed E-state index contributed by atoms with van der Waals surface area (Å²) in [6.45, 7) is 6.69. The summed E-state index contributed by atoms with van der Waals surface area (Å²) in [5.74, 6) is 1.38. The molecule has 2 atom stereocenters. The highest BCUT2D eigenvalue weighted by Gasteiger charge is 2.28. The molecule has 1 aliphatic rings. The predicted octanol–water partition coefficient (Wildman–Crippen LogP) is 2.50. The SMILES string of the molecule is CCNC(=NCc1ncnn1C)N1CC(C)OC(c2ccc(F)cc2)C1.I. The Bertz CT molecular complexity index is 751. The van der Waals surface area contributed by atoms with E-state index in [1.54, 1.807) is 16.8 Å². The Morgan fingerprint density at radius 1 is 1.33 bits per heavy atom. The maximum atomic E-state index is 13.2. The van der Waals surface area contributed by atoms with Gasteiger partial charge in [-0.05, 0) is 31.5 Å². The largest absolute Gasteiger partial charge is 0.367 e. The smallest absolute Gasteiger partial charge is 0.194 e. The van der Waals surface area contributed by atoms with E-state index in [9.17, 15) is 4.39 Å². The summed E-state index contributed by atoms with van der Waals surface area (Å²) in [7, 11) is 1.85. The molecule has 0 radical (unpaired) electrons. The minimum atomic E-state index is -0.243. The molecule has 0 bridgehead atoms. The van der Waals surface area contributed by atoms with E-state index in [1.807, 2.05) is 20.9 Å². The van der Waals surface area contributed by atoms with Crippen molar-refractivity contribution >= 4 is 29.9 Å². The third-order valence-corrected chi connectivity index (χ3v) is 4.31. The molecule has 7 nitrogen and oxygen atoms in total. The Balaban J connectivity index is 0.00000261. The number of aliphatic imine (C=N–C) groups is 1. The van der Waals surface area contributed by atoms with Crippen molar-refractivity contribution in [2.75, 3.05) is 19.6 Å². The number of halogens is 2. The summed E-state index contributed by atoms with van der Waals surface area (Å²) in [4.78, 5) is 11.1. The van der Waals surface area contributed by atoms with Crippen LogP contribution in [0, 0.1) is 5.82 Å². The number of hydrogen-bond donors (Lipinski definition) is 1. The van der Waals surface area contributed by atoms with Gasteiger partial charge in [0.1, 0.15) is 30.6 Å². The first-order chi connectivity index (χ1) is 12.6. The van der Waals surface area contributed by atoms with Crippen molar-refractivity contribution in [2.24, 2.45) is 12.0 Å². The van der Waals surface area contributed by atoms with E-state index >= 15 is 0 Å². The summed E-state index contributed by atoms with van der Waals surface area (Å²) < 4.78 is 21.0. The van der Waals surface area contributed by atoms with Gasteiger partial charge in [-0.3, -0.25) is 4.68 Å². The molecule has 2 aromatic rings. The lowest BCUT2D eigenvalue weighted by Crippen LogP contribution is -2.50. The topological polar surface area (TPSA) is 67.6 Å². The van der Waals surface area contributed by atoms with Crippen LogP contribution < -0.4 is 5.32 Å². The quantitative estimate of drug-likeness (QED) is 0.407. The number of aryl methyl sites for hydroxylation is 1. The normalized spacial score (nSPS) is 20.3. The lowest BCUT2D eigenvalue weighted by molar-refractivity contribution is -0.0605. The van der Waals surface area contributed by atoms with E-state index < -0.39 is 0 Å². The van der Waals surface area contributed by atoms with Gasteiger partial charge >= 0.3 is 0 Å². The number of morpholine rings is 1. The van der Waals surface area contributed by atoms with Crippen LogP contribution in [0.15, 0.2) is 35.6 Å². The maximum Gasteiger partial charge on any atom is 0.194 e. The average Bonchev–Trinajstić information content (AvgIpc) is 3.03. The molecule has 0 saturated carbocycles. The second-order valence-electron chi connectivity index (χ2n) is 6.36. The standard InChI is InChI=1S/C18H25FN6O.HI/c1-4-20-18(21-9-17-22-12-23-24(17)3)25-10-13(2)26-16(11-25)14-5-7-15(19)8-6-14;/h5-8,12-13,16H,4,9-11H2,1-3H3,(H,20,21);1H. The van der Waals surface area contributed by atoms with Crippen LogP contribution >= 0.6 is 24.0 Å². The van der Waals surface area contributed by atoms with Gasteiger partial charge in [-0.25, -0.2) is 14.4 Å². The van der Waals surface area contributed by atoms with Crippen molar-refractivity contribution in [1.29, 1.82) is 0 Å². The summed E-state index contributed by atoms with van der Waals surface area (Å²) in [5.41, 5.74) is 0.965. The van der Waals surface area contributed by atoms with Gasteiger partial charge in [0.2, 0.25) is 0 Å². The number of guanidine groups is 1. The van der Waals surface area contributed by atoms with Crippen molar-refractivity contribution < 1.29 is 9.13 Å². The third-order valence-electron chi connectivity index (χ3n) is 4.31. The van der Waals surface area contributed by atoms with Crippen molar-refractivity contribution in [3.8, 4) is 0 Å². The molecule has 2 heterocycles. The summed E-state index contributed by atoms with van der Waals surface area (Å²) >= 11 is 0. The van der Waals surface area contributed by atoms with Crippen LogP contribution in [0.2, 0.25) is 0 Å². The summed E-state index contributed by atoms with van der Waals surface area (Å²) in [6.07, 6.45) is 1.44. The molecule has 27 heavy (non-hydrogen) atoms. The monoisotopic (exact) mass is 488 g/mol. The van der Waals surface area contributed by atoms with Crippen LogP contribution in [0.4, 0.5) is 4.39 Å². The van der Waals surface area contributed by atoms with Gasteiger partial charge < -0.3 is 15.0 Å². The number of nitrogens with one attached hydrogen (secondary N) is 1. The second-order valence-corrected chi connectivity index (χ2v) is 6.36. The molecular weight excluding hydrogens is 462 g/mol. The molecule has 1 saturated heterocycles. The van der Waals surface area contributed by atoms with Crippen molar-refractivity contribution in [3.63, 3.8) is 0 Å². The fraction of sp³-hybridized carbons (Fsp3) is 0.500. The molecule has 0 spiro atoms. The second kappa shape index (κ2) is 9.98. The van der Waals surface area contributed by atoms with Gasteiger partial charge in [0, 0.05) is 20.1 Å². The number of benzene rings is 1. The molecular formula is C18H26FIN6O. The van der Waals surface area contributed by atoms with E-state index in [-0.39, 0.29) is 42.0 Å². The van der Waals surface area contributed by atoms with E-state index in [4.69, 9.17) is 9.73 Å². The summed E-state index contributed by atoms with van der Waals surface area (Å²) in [6, 6.07) is 6.49. The highest BCUT2D eigenvalue weighted by atomic mass is 127. The first kappa shape index (κ1) is 21.5. The number of hydrogen-bond acceptors (Lipinski definition) is 4. The van der Waals surface area contributed by atoms with E-state index in [0.717, 1.165) is 30.4 Å². The lowest BCUT2D eigenvalue weighted by atomic mass is 10.1. The summed E-state index contributed by atoms with van der Waals surface area (Å²) in [5, 5.41) is 7.41. The van der Waals surface area contributed by atoms with Gasteiger partial charge in [-0.15, -0.1) is 24.0 Å². The average molecular weight is 488 g/mol. The van der Waals surface area contributed by atoms with Gasteiger partial charge in [0.05, 0.1) is 12.6 Å². The molecule has 9 heteroatoms. The minimum Gasteiger partial charge on any atom is -0.367 e. The van der Waals surface area contributed by atoms with Crippen LogP contribution in [0.1, 0.15) is 31.3 Å². The van der Waals surface area contributed by atoms with Gasteiger partial charge in [0.15, 0.2) is 5.96 Å². The lowest BCUT2D eigenvalue weighted by Gasteiger charge is -2.38. The molecule has 2 unspecified atom stereocenters. The Morgan fingerprint density at radius 3 is 2.70 bits per heavy atom. The van der Waals surface area contributed by atoms with Gasteiger partial charge in [-0.2, -0.15) is 5.10 Å². The van der Waals surface area contributed by atoms with E-state index in [0.29, 0.717) is 13.1 Å². The van der Waals surface area contributed by atoms with E-state index in [1.165, 1.54) is 18.5 Å². The fourth-order valence-electron chi connectivity index (χ4n) is 3.02. The Morgan fingerprint density at radius 2 is 2.07 bits per heavy atom.